The van der Waals surface area contributed by atoms with Crippen molar-refractivity contribution in [3.05, 3.63) is 41.6 Å². The van der Waals surface area contributed by atoms with Crippen molar-refractivity contribution in [3.63, 3.8) is 0 Å². The lowest BCUT2D eigenvalue weighted by molar-refractivity contribution is -0.121. The van der Waals surface area contributed by atoms with Crippen LogP contribution in [-0.2, 0) is 11.2 Å². The maximum atomic E-state index is 12.1. The van der Waals surface area contributed by atoms with Gasteiger partial charge in [0.05, 0.1) is 11.4 Å². The number of carbonyl (C=O) groups excluding carboxylic acids is 1. The highest BCUT2D eigenvalue weighted by Crippen LogP contribution is 2.27. The van der Waals surface area contributed by atoms with Crippen molar-refractivity contribution in [1.29, 1.82) is 5.26 Å². The molecule has 3 rings (SSSR count). The van der Waals surface area contributed by atoms with Crippen LogP contribution in [0.15, 0.2) is 30.3 Å². The van der Waals surface area contributed by atoms with Gasteiger partial charge in [0.1, 0.15) is 17.5 Å². The van der Waals surface area contributed by atoms with Crippen LogP contribution in [0.25, 0.3) is 5.69 Å². The SMILES string of the molecule is N#Cc1c(CCCNC(=O)CCC2CCCCC2)nn(-c2ccccc2)c1N. The quantitative estimate of drug-likeness (QED) is 0.683. The van der Waals surface area contributed by atoms with Crippen molar-refractivity contribution in [2.45, 2.75) is 57.8 Å². The number of hydrogen-bond donors (Lipinski definition) is 2. The molecule has 0 unspecified atom stereocenters. The Bertz CT molecular complexity index is 815. The lowest BCUT2D eigenvalue weighted by atomic mass is 9.86. The van der Waals surface area contributed by atoms with Gasteiger partial charge in [0.25, 0.3) is 0 Å². The minimum atomic E-state index is 0.125. The van der Waals surface area contributed by atoms with Crippen LogP contribution in [0, 0.1) is 17.2 Å². The minimum Gasteiger partial charge on any atom is -0.382 e. The lowest BCUT2D eigenvalue weighted by Gasteiger charge is -2.20. The average Bonchev–Trinajstić information content (AvgIpc) is 3.06. The second kappa shape index (κ2) is 9.93. The molecule has 1 aromatic heterocycles. The zero-order valence-electron chi connectivity index (χ0n) is 16.4. The number of nitrogen functional groups attached to an aromatic ring is 1. The number of anilines is 1. The third kappa shape index (κ3) is 5.13. The number of benzene rings is 1. The van der Waals surface area contributed by atoms with Gasteiger partial charge in [0.15, 0.2) is 0 Å². The van der Waals surface area contributed by atoms with Gasteiger partial charge in [-0.05, 0) is 37.3 Å². The largest absolute Gasteiger partial charge is 0.382 e. The van der Waals surface area contributed by atoms with Crippen LogP contribution in [0.4, 0.5) is 5.82 Å². The van der Waals surface area contributed by atoms with E-state index in [-0.39, 0.29) is 5.91 Å². The molecule has 28 heavy (non-hydrogen) atoms. The van der Waals surface area contributed by atoms with Gasteiger partial charge in [-0.3, -0.25) is 4.79 Å². The van der Waals surface area contributed by atoms with Gasteiger partial charge in [0, 0.05) is 13.0 Å². The van der Waals surface area contributed by atoms with Crippen molar-refractivity contribution in [2.24, 2.45) is 5.92 Å². The van der Waals surface area contributed by atoms with Crippen molar-refractivity contribution >= 4 is 11.7 Å². The fourth-order valence-corrected chi connectivity index (χ4v) is 3.92. The number of aryl methyl sites for hydroxylation is 1. The molecule has 0 spiro atoms. The highest BCUT2D eigenvalue weighted by molar-refractivity contribution is 5.75. The second-order valence-corrected chi connectivity index (χ2v) is 7.56. The summed E-state index contributed by atoms with van der Waals surface area (Å²) in [5.74, 6) is 1.21. The van der Waals surface area contributed by atoms with Gasteiger partial charge >= 0.3 is 0 Å². The number of nitriles is 1. The Hall–Kier alpha value is -2.81. The maximum absolute atomic E-state index is 12.1. The Balaban J connectivity index is 1.47. The van der Waals surface area contributed by atoms with Gasteiger partial charge in [-0.1, -0.05) is 50.3 Å². The highest BCUT2D eigenvalue weighted by Gasteiger charge is 2.17. The number of nitrogens with zero attached hydrogens (tertiary/aromatic N) is 3. The number of nitrogens with two attached hydrogens (primary N) is 1. The van der Waals surface area contributed by atoms with Crippen LogP contribution < -0.4 is 11.1 Å². The zero-order chi connectivity index (χ0) is 19.8. The van der Waals surface area contributed by atoms with Crippen molar-refractivity contribution in [2.75, 3.05) is 12.3 Å². The fourth-order valence-electron chi connectivity index (χ4n) is 3.92. The molecule has 1 aromatic carbocycles. The van der Waals surface area contributed by atoms with Crippen LogP contribution in [0.2, 0.25) is 0 Å². The Kier molecular flexibility index (Phi) is 7.07. The van der Waals surface area contributed by atoms with E-state index in [0.29, 0.717) is 36.5 Å². The summed E-state index contributed by atoms with van der Waals surface area (Å²) < 4.78 is 1.61. The van der Waals surface area contributed by atoms with E-state index >= 15 is 0 Å². The molecule has 1 fully saturated rings. The van der Waals surface area contributed by atoms with Crippen molar-refractivity contribution in [3.8, 4) is 11.8 Å². The molecular formula is C22H29N5O. The van der Waals surface area contributed by atoms with E-state index in [4.69, 9.17) is 5.73 Å². The molecule has 1 aliphatic rings. The van der Waals surface area contributed by atoms with Gasteiger partial charge in [-0.15, -0.1) is 0 Å². The first-order valence-corrected chi connectivity index (χ1v) is 10.3. The Morgan fingerprint density at radius 1 is 1.25 bits per heavy atom. The third-order valence-electron chi connectivity index (χ3n) is 5.52. The summed E-state index contributed by atoms with van der Waals surface area (Å²) in [6, 6.07) is 11.7. The normalized spacial score (nSPS) is 14.5. The first kappa shape index (κ1) is 19.9. The molecule has 1 saturated carbocycles. The average molecular weight is 380 g/mol. The van der Waals surface area contributed by atoms with Crippen LogP contribution in [-0.4, -0.2) is 22.2 Å². The summed E-state index contributed by atoms with van der Waals surface area (Å²) in [4.78, 5) is 12.1. The molecule has 0 saturated heterocycles. The zero-order valence-corrected chi connectivity index (χ0v) is 16.4. The maximum Gasteiger partial charge on any atom is 0.220 e. The molecule has 0 atom stereocenters. The molecule has 1 heterocycles. The van der Waals surface area contributed by atoms with E-state index in [2.05, 4.69) is 16.5 Å². The number of para-hydroxylation sites is 1. The number of hydrogen-bond acceptors (Lipinski definition) is 4. The summed E-state index contributed by atoms with van der Waals surface area (Å²) >= 11 is 0. The van der Waals surface area contributed by atoms with Crippen LogP contribution >= 0.6 is 0 Å². The summed E-state index contributed by atoms with van der Waals surface area (Å²) in [6.07, 6.45) is 9.47. The smallest absolute Gasteiger partial charge is 0.220 e. The van der Waals surface area contributed by atoms with E-state index in [1.54, 1.807) is 4.68 Å². The fraction of sp³-hybridized carbons (Fsp3) is 0.500. The number of aromatic nitrogens is 2. The molecule has 148 valence electrons. The first-order valence-electron chi connectivity index (χ1n) is 10.3. The number of carbonyl (C=O) groups is 1. The third-order valence-corrected chi connectivity index (χ3v) is 5.52. The topological polar surface area (TPSA) is 96.7 Å². The van der Waals surface area contributed by atoms with Gasteiger partial charge in [0.2, 0.25) is 5.91 Å². The van der Waals surface area contributed by atoms with E-state index < -0.39 is 0 Å². The first-order chi connectivity index (χ1) is 13.7. The van der Waals surface area contributed by atoms with Gasteiger partial charge in [-0.2, -0.15) is 10.4 Å². The van der Waals surface area contributed by atoms with E-state index in [9.17, 15) is 10.1 Å². The standard InChI is InChI=1S/C22H29N5O/c23-16-19-20(26-27(22(19)24)18-10-5-2-6-11-18)12-7-15-25-21(28)14-13-17-8-3-1-4-9-17/h2,5-6,10-11,17H,1,3-4,7-9,12-15,24H2,(H,25,28). The summed E-state index contributed by atoms with van der Waals surface area (Å²) in [6.45, 7) is 0.590. The molecule has 3 N–H and O–H groups in total. The molecular weight excluding hydrogens is 350 g/mol. The van der Waals surface area contributed by atoms with Gasteiger partial charge < -0.3 is 11.1 Å². The predicted molar refractivity (Wildman–Crippen MR) is 110 cm³/mol. The van der Waals surface area contributed by atoms with Crippen LogP contribution in [0.1, 0.15) is 62.6 Å². The van der Waals surface area contributed by atoms with E-state index in [1.165, 1.54) is 32.1 Å². The number of nitrogens with one attached hydrogen (secondary N) is 1. The van der Waals surface area contributed by atoms with Crippen LogP contribution in [0.3, 0.4) is 0 Å². The molecule has 6 nitrogen and oxygen atoms in total. The molecule has 0 aliphatic heterocycles. The monoisotopic (exact) mass is 379 g/mol. The van der Waals surface area contributed by atoms with E-state index in [1.807, 2.05) is 30.3 Å². The van der Waals surface area contributed by atoms with Crippen molar-refractivity contribution < 1.29 is 4.79 Å². The Labute approximate surface area is 166 Å². The molecule has 2 aromatic rings. The summed E-state index contributed by atoms with van der Waals surface area (Å²) in [5, 5.41) is 17.0. The van der Waals surface area contributed by atoms with Gasteiger partial charge in [-0.25, -0.2) is 4.68 Å². The molecule has 0 bridgehead atoms. The molecule has 6 heteroatoms. The summed E-state index contributed by atoms with van der Waals surface area (Å²) in [5.41, 5.74) is 8.05. The number of amides is 1. The van der Waals surface area contributed by atoms with Crippen molar-refractivity contribution in [1.82, 2.24) is 15.1 Å². The minimum absolute atomic E-state index is 0.125. The summed E-state index contributed by atoms with van der Waals surface area (Å²) in [7, 11) is 0. The molecule has 1 aliphatic carbocycles. The lowest BCUT2D eigenvalue weighted by Crippen LogP contribution is -2.25. The Morgan fingerprint density at radius 3 is 2.71 bits per heavy atom. The highest BCUT2D eigenvalue weighted by atomic mass is 16.1. The second-order valence-electron chi connectivity index (χ2n) is 7.56. The predicted octanol–water partition coefficient (Wildman–Crippen LogP) is 3.74. The van der Waals surface area contributed by atoms with E-state index in [0.717, 1.165) is 24.4 Å². The molecule has 1 amide bonds. The number of rotatable bonds is 8. The Morgan fingerprint density at radius 2 is 2.00 bits per heavy atom. The molecule has 0 radical (unpaired) electrons. The van der Waals surface area contributed by atoms with Crippen LogP contribution in [0.5, 0.6) is 0 Å².